The van der Waals surface area contributed by atoms with Crippen molar-refractivity contribution in [3.63, 3.8) is 0 Å². The highest BCUT2D eigenvalue weighted by Crippen LogP contribution is 2.34. The summed E-state index contributed by atoms with van der Waals surface area (Å²) in [7, 11) is 0. The topological polar surface area (TPSA) is 69.4 Å². The van der Waals surface area contributed by atoms with E-state index in [0.29, 0.717) is 24.7 Å². The predicted molar refractivity (Wildman–Crippen MR) is 81.7 cm³/mol. The largest absolute Gasteiger partial charge is 0.490 e. The zero-order valence-electron chi connectivity index (χ0n) is 10.7. The monoisotopic (exact) mass is 335 g/mol. The zero-order chi connectivity index (χ0) is 13.9. The minimum atomic E-state index is 0.612. The van der Waals surface area contributed by atoms with E-state index in [9.17, 15) is 0 Å². The Morgan fingerprint density at radius 1 is 1.15 bits per heavy atom. The molecule has 5 nitrogen and oxygen atoms in total. The van der Waals surface area contributed by atoms with Crippen molar-refractivity contribution in [2.45, 2.75) is 6.42 Å². The molecular formula is C14H14BrN3O2. The van der Waals surface area contributed by atoms with Crippen LogP contribution in [0.15, 0.2) is 34.9 Å². The van der Waals surface area contributed by atoms with Gasteiger partial charge in [-0.15, -0.1) is 0 Å². The van der Waals surface area contributed by atoms with Crippen molar-refractivity contribution in [1.29, 1.82) is 0 Å². The Bertz CT molecular complexity index is 634. The Morgan fingerprint density at radius 2 is 1.95 bits per heavy atom. The molecule has 20 heavy (non-hydrogen) atoms. The van der Waals surface area contributed by atoms with Gasteiger partial charge in [-0.05, 0) is 34.1 Å². The third kappa shape index (κ3) is 2.80. The van der Waals surface area contributed by atoms with Crippen LogP contribution in [0.4, 0.5) is 17.2 Å². The Hall–Kier alpha value is -1.95. The molecule has 2 aromatic rings. The lowest BCUT2D eigenvalue weighted by Gasteiger charge is -2.11. The normalized spacial score (nSPS) is 13.7. The fraction of sp³-hybridized carbons (Fsp3) is 0.214. The molecule has 1 aliphatic heterocycles. The first-order valence-electron chi connectivity index (χ1n) is 6.30. The van der Waals surface area contributed by atoms with Crippen molar-refractivity contribution in [2.75, 3.05) is 24.3 Å². The van der Waals surface area contributed by atoms with E-state index in [1.807, 2.05) is 18.2 Å². The number of nitrogens with one attached hydrogen (secondary N) is 1. The molecule has 1 aliphatic rings. The fourth-order valence-corrected chi connectivity index (χ4v) is 2.39. The molecule has 1 aromatic carbocycles. The van der Waals surface area contributed by atoms with Gasteiger partial charge in [-0.25, -0.2) is 4.98 Å². The van der Waals surface area contributed by atoms with Crippen molar-refractivity contribution >= 4 is 33.1 Å². The Kier molecular flexibility index (Phi) is 3.64. The second-order valence-electron chi connectivity index (χ2n) is 4.44. The molecule has 1 aromatic heterocycles. The van der Waals surface area contributed by atoms with Gasteiger partial charge in [0, 0.05) is 18.2 Å². The summed E-state index contributed by atoms with van der Waals surface area (Å²) in [5.41, 5.74) is 7.17. The summed E-state index contributed by atoms with van der Waals surface area (Å²) in [6.45, 7) is 1.35. The predicted octanol–water partition coefficient (Wildman–Crippen LogP) is 3.33. The van der Waals surface area contributed by atoms with Gasteiger partial charge in [-0.2, -0.15) is 0 Å². The van der Waals surface area contributed by atoms with Gasteiger partial charge >= 0.3 is 0 Å². The Morgan fingerprint density at radius 3 is 2.75 bits per heavy atom. The number of benzene rings is 1. The quantitative estimate of drug-likeness (QED) is 0.880. The van der Waals surface area contributed by atoms with E-state index in [1.165, 1.54) is 0 Å². The van der Waals surface area contributed by atoms with Crippen LogP contribution in [0, 0.1) is 0 Å². The average molecular weight is 336 g/mol. The molecule has 3 rings (SSSR count). The molecule has 0 saturated carbocycles. The van der Waals surface area contributed by atoms with Crippen molar-refractivity contribution < 1.29 is 9.47 Å². The summed E-state index contributed by atoms with van der Waals surface area (Å²) in [5, 5.41) is 3.22. The van der Waals surface area contributed by atoms with Crippen molar-refractivity contribution in [2.24, 2.45) is 0 Å². The van der Waals surface area contributed by atoms with Gasteiger partial charge in [-0.3, -0.25) is 0 Å². The number of hydrogen-bond acceptors (Lipinski definition) is 5. The first kappa shape index (κ1) is 13.1. The van der Waals surface area contributed by atoms with Gasteiger partial charge in [0.15, 0.2) is 11.5 Å². The maximum absolute atomic E-state index is 5.67. The van der Waals surface area contributed by atoms with Crippen LogP contribution in [0.25, 0.3) is 0 Å². The maximum Gasteiger partial charge on any atom is 0.163 e. The number of anilines is 3. The number of nitrogens with zero attached hydrogens (tertiary/aromatic N) is 1. The zero-order valence-corrected chi connectivity index (χ0v) is 12.3. The lowest BCUT2D eigenvalue weighted by molar-refractivity contribution is 0.297. The van der Waals surface area contributed by atoms with Crippen molar-refractivity contribution in [1.82, 2.24) is 4.98 Å². The SMILES string of the molecule is Nc1cnc(Nc2ccc3c(c2)OCCCO3)c(Br)c1. The molecule has 0 amide bonds. The van der Waals surface area contributed by atoms with Gasteiger partial charge in [0.05, 0.1) is 29.6 Å². The summed E-state index contributed by atoms with van der Waals surface area (Å²) in [6.07, 6.45) is 2.50. The first-order valence-corrected chi connectivity index (χ1v) is 7.09. The number of nitrogen functional groups attached to an aromatic ring is 1. The molecule has 104 valence electrons. The van der Waals surface area contributed by atoms with Gasteiger partial charge in [0.2, 0.25) is 0 Å². The Balaban J connectivity index is 1.86. The third-order valence-corrected chi connectivity index (χ3v) is 3.48. The minimum absolute atomic E-state index is 0.612. The summed E-state index contributed by atoms with van der Waals surface area (Å²) in [5.74, 6) is 2.23. The summed E-state index contributed by atoms with van der Waals surface area (Å²) in [4.78, 5) is 4.25. The molecule has 0 bridgehead atoms. The smallest absolute Gasteiger partial charge is 0.163 e. The van der Waals surface area contributed by atoms with E-state index >= 15 is 0 Å². The van der Waals surface area contributed by atoms with E-state index in [4.69, 9.17) is 15.2 Å². The molecule has 0 spiro atoms. The van der Waals surface area contributed by atoms with Crippen molar-refractivity contribution in [3.05, 3.63) is 34.9 Å². The molecule has 0 aliphatic carbocycles. The van der Waals surface area contributed by atoms with E-state index in [1.54, 1.807) is 12.3 Å². The van der Waals surface area contributed by atoms with Gasteiger partial charge in [0.1, 0.15) is 5.82 Å². The van der Waals surface area contributed by atoms with Gasteiger partial charge in [-0.1, -0.05) is 0 Å². The van der Waals surface area contributed by atoms with Crippen molar-refractivity contribution in [3.8, 4) is 11.5 Å². The summed E-state index contributed by atoms with van der Waals surface area (Å²) in [6, 6.07) is 7.54. The highest BCUT2D eigenvalue weighted by atomic mass is 79.9. The number of halogens is 1. The number of fused-ring (bicyclic) bond motifs is 1. The number of ether oxygens (including phenoxy) is 2. The number of pyridine rings is 1. The maximum atomic E-state index is 5.67. The lowest BCUT2D eigenvalue weighted by atomic mass is 10.2. The number of hydrogen-bond donors (Lipinski definition) is 2. The van der Waals surface area contributed by atoms with Crippen LogP contribution in [0.1, 0.15) is 6.42 Å². The van der Waals surface area contributed by atoms with Gasteiger partial charge in [0.25, 0.3) is 0 Å². The third-order valence-electron chi connectivity index (χ3n) is 2.87. The summed E-state index contributed by atoms with van der Waals surface area (Å²) < 4.78 is 12.1. The minimum Gasteiger partial charge on any atom is -0.490 e. The second-order valence-corrected chi connectivity index (χ2v) is 5.29. The second kappa shape index (κ2) is 5.58. The standard InChI is InChI=1S/C14H14BrN3O2/c15-11-6-9(16)8-17-14(11)18-10-2-3-12-13(7-10)20-5-1-4-19-12/h2-3,6-8H,1,4-5,16H2,(H,17,18). The number of nitrogens with two attached hydrogens (primary N) is 1. The fourth-order valence-electron chi connectivity index (χ4n) is 1.92. The van der Waals surface area contributed by atoms with E-state index in [-0.39, 0.29) is 0 Å². The molecule has 3 N–H and O–H groups in total. The molecular weight excluding hydrogens is 322 g/mol. The lowest BCUT2D eigenvalue weighted by Crippen LogP contribution is -1.98. The first-order chi connectivity index (χ1) is 9.72. The molecule has 0 atom stereocenters. The van der Waals surface area contributed by atoms with E-state index < -0.39 is 0 Å². The van der Waals surface area contributed by atoms with Gasteiger partial charge < -0.3 is 20.5 Å². The highest BCUT2D eigenvalue weighted by molar-refractivity contribution is 9.10. The Labute approximate surface area is 125 Å². The number of aromatic nitrogens is 1. The summed E-state index contributed by atoms with van der Waals surface area (Å²) >= 11 is 3.43. The molecule has 0 radical (unpaired) electrons. The van der Waals surface area contributed by atoms with Crippen LogP contribution in [0.2, 0.25) is 0 Å². The van der Waals surface area contributed by atoms with Crippen LogP contribution in [0.3, 0.4) is 0 Å². The molecule has 6 heteroatoms. The highest BCUT2D eigenvalue weighted by Gasteiger charge is 2.11. The van der Waals surface area contributed by atoms with Crippen LogP contribution >= 0.6 is 15.9 Å². The molecule has 0 fully saturated rings. The number of rotatable bonds is 2. The molecule has 0 saturated heterocycles. The van der Waals surface area contributed by atoms with Crippen LogP contribution in [-0.2, 0) is 0 Å². The van der Waals surface area contributed by atoms with Crippen LogP contribution < -0.4 is 20.5 Å². The van der Waals surface area contributed by atoms with Crippen LogP contribution in [-0.4, -0.2) is 18.2 Å². The molecule has 0 unspecified atom stereocenters. The average Bonchev–Trinajstić information content (AvgIpc) is 2.66. The van der Waals surface area contributed by atoms with Crippen LogP contribution in [0.5, 0.6) is 11.5 Å². The van der Waals surface area contributed by atoms with E-state index in [2.05, 4.69) is 26.2 Å². The molecule has 2 heterocycles. The van der Waals surface area contributed by atoms with E-state index in [0.717, 1.165) is 28.1 Å².